The highest BCUT2D eigenvalue weighted by molar-refractivity contribution is 5.87. The zero-order valence-corrected chi connectivity index (χ0v) is 11.5. The van der Waals surface area contributed by atoms with Gasteiger partial charge >= 0.3 is 0 Å². The number of ketones is 1. The van der Waals surface area contributed by atoms with Crippen LogP contribution in [0.3, 0.4) is 0 Å². The van der Waals surface area contributed by atoms with Crippen LogP contribution in [-0.2, 0) is 11.2 Å². The van der Waals surface area contributed by atoms with Crippen LogP contribution in [0.15, 0.2) is 24.3 Å². The molecule has 0 saturated heterocycles. The summed E-state index contributed by atoms with van der Waals surface area (Å²) in [4.78, 5) is 12.5. The zero-order chi connectivity index (χ0) is 13.9. The summed E-state index contributed by atoms with van der Waals surface area (Å²) in [5.74, 6) is 0.568. The van der Waals surface area contributed by atoms with E-state index in [0.29, 0.717) is 18.9 Å². The molecule has 1 saturated carbocycles. The van der Waals surface area contributed by atoms with Crippen molar-refractivity contribution in [1.29, 1.82) is 0 Å². The predicted molar refractivity (Wildman–Crippen MR) is 74.2 cm³/mol. The van der Waals surface area contributed by atoms with E-state index in [4.69, 9.17) is 5.73 Å². The molecule has 1 aromatic carbocycles. The van der Waals surface area contributed by atoms with E-state index in [-0.39, 0.29) is 17.0 Å². The number of hydrogen-bond acceptors (Lipinski definition) is 2. The van der Waals surface area contributed by atoms with Gasteiger partial charge in [0.15, 0.2) is 0 Å². The molecule has 0 spiro atoms. The van der Waals surface area contributed by atoms with Crippen molar-refractivity contribution in [1.82, 2.24) is 0 Å². The third kappa shape index (κ3) is 3.21. The Balaban J connectivity index is 2.09. The summed E-state index contributed by atoms with van der Waals surface area (Å²) in [5, 5.41) is 0. The van der Waals surface area contributed by atoms with Crippen LogP contribution in [0.5, 0.6) is 0 Å². The second kappa shape index (κ2) is 5.83. The van der Waals surface area contributed by atoms with Crippen LogP contribution in [0.4, 0.5) is 4.39 Å². The van der Waals surface area contributed by atoms with E-state index in [0.717, 1.165) is 31.2 Å². The van der Waals surface area contributed by atoms with Crippen molar-refractivity contribution in [3.63, 3.8) is 0 Å². The highest BCUT2D eigenvalue weighted by Crippen LogP contribution is 2.39. The van der Waals surface area contributed by atoms with Crippen LogP contribution in [0.25, 0.3) is 0 Å². The Bertz CT molecular complexity index is 450. The average molecular weight is 263 g/mol. The summed E-state index contributed by atoms with van der Waals surface area (Å²) in [6.07, 6.45) is 4.17. The second-order valence-corrected chi connectivity index (χ2v) is 5.90. The Kier molecular flexibility index (Phi) is 4.35. The number of benzene rings is 1. The van der Waals surface area contributed by atoms with Gasteiger partial charge in [0.25, 0.3) is 0 Å². The highest BCUT2D eigenvalue weighted by atomic mass is 19.1. The molecule has 0 unspecified atom stereocenters. The van der Waals surface area contributed by atoms with E-state index in [1.54, 1.807) is 12.1 Å². The molecule has 0 heterocycles. The van der Waals surface area contributed by atoms with Gasteiger partial charge in [-0.15, -0.1) is 0 Å². The number of hydrogen-bond donors (Lipinski definition) is 1. The standard InChI is InChI=1S/C16H22FNO/c1-12-5-7-16(11-18,8-6-12)15(19)10-13-3-2-4-14(17)9-13/h2-4,9,12H,5-8,10-11,18H2,1H3. The first-order valence-corrected chi connectivity index (χ1v) is 7.03. The molecule has 1 aliphatic carbocycles. The molecule has 1 fully saturated rings. The molecule has 104 valence electrons. The molecule has 0 atom stereocenters. The molecule has 3 heteroatoms. The molecule has 19 heavy (non-hydrogen) atoms. The van der Waals surface area contributed by atoms with Crippen LogP contribution < -0.4 is 5.73 Å². The third-order valence-electron chi connectivity index (χ3n) is 4.47. The lowest BCUT2D eigenvalue weighted by Gasteiger charge is -2.37. The molecule has 2 nitrogen and oxygen atoms in total. The maximum atomic E-state index is 13.2. The topological polar surface area (TPSA) is 43.1 Å². The Morgan fingerprint density at radius 1 is 1.42 bits per heavy atom. The van der Waals surface area contributed by atoms with Gasteiger partial charge in [-0.1, -0.05) is 19.1 Å². The highest BCUT2D eigenvalue weighted by Gasteiger charge is 2.39. The van der Waals surface area contributed by atoms with Gasteiger partial charge in [-0.2, -0.15) is 0 Å². The number of nitrogens with two attached hydrogens (primary N) is 1. The van der Waals surface area contributed by atoms with Crippen LogP contribution >= 0.6 is 0 Å². The maximum Gasteiger partial charge on any atom is 0.144 e. The molecule has 0 aliphatic heterocycles. The second-order valence-electron chi connectivity index (χ2n) is 5.90. The van der Waals surface area contributed by atoms with E-state index < -0.39 is 0 Å². The summed E-state index contributed by atoms with van der Waals surface area (Å²) >= 11 is 0. The minimum atomic E-state index is -0.376. The largest absolute Gasteiger partial charge is 0.329 e. The predicted octanol–water partition coefficient (Wildman–Crippen LogP) is 3.09. The number of rotatable bonds is 4. The summed E-state index contributed by atoms with van der Waals surface area (Å²) in [7, 11) is 0. The fourth-order valence-corrected chi connectivity index (χ4v) is 2.93. The van der Waals surface area contributed by atoms with Gasteiger partial charge in [-0.25, -0.2) is 4.39 Å². The van der Waals surface area contributed by atoms with Crippen molar-refractivity contribution < 1.29 is 9.18 Å². The lowest BCUT2D eigenvalue weighted by atomic mass is 9.67. The molecule has 0 bridgehead atoms. The van der Waals surface area contributed by atoms with Gasteiger partial charge < -0.3 is 5.73 Å². The molecule has 2 rings (SSSR count). The summed E-state index contributed by atoms with van der Waals surface area (Å²) in [6.45, 7) is 2.63. The van der Waals surface area contributed by atoms with Gasteiger partial charge in [0.2, 0.25) is 0 Å². The van der Waals surface area contributed by atoms with Crippen molar-refractivity contribution in [3.8, 4) is 0 Å². The Labute approximate surface area is 114 Å². The maximum absolute atomic E-state index is 13.2. The van der Waals surface area contributed by atoms with Crippen LogP contribution in [-0.4, -0.2) is 12.3 Å². The van der Waals surface area contributed by atoms with E-state index in [1.165, 1.54) is 12.1 Å². The fourth-order valence-electron chi connectivity index (χ4n) is 2.93. The van der Waals surface area contributed by atoms with Gasteiger partial charge in [0, 0.05) is 18.4 Å². The molecule has 1 aromatic rings. The van der Waals surface area contributed by atoms with Crippen LogP contribution in [0, 0.1) is 17.2 Å². The smallest absolute Gasteiger partial charge is 0.144 e. The molecule has 0 radical (unpaired) electrons. The first-order valence-electron chi connectivity index (χ1n) is 7.03. The first-order chi connectivity index (χ1) is 9.05. The van der Waals surface area contributed by atoms with Gasteiger partial charge in [0.05, 0.1) is 0 Å². The number of carbonyl (C=O) groups is 1. The Hall–Kier alpha value is -1.22. The first kappa shape index (κ1) is 14.2. The normalized spacial score (nSPS) is 27.2. The molecule has 0 amide bonds. The molecular weight excluding hydrogens is 241 g/mol. The molecular formula is C16H22FNO. The van der Waals surface area contributed by atoms with E-state index >= 15 is 0 Å². The minimum Gasteiger partial charge on any atom is -0.329 e. The Morgan fingerprint density at radius 2 is 2.11 bits per heavy atom. The molecule has 1 aliphatic rings. The average Bonchev–Trinajstić information content (AvgIpc) is 2.40. The SMILES string of the molecule is CC1CCC(CN)(C(=O)Cc2cccc(F)c2)CC1. The van der Waals surface area contributed by atoms with E-state index in [9.17, 15) is 9.18 Å². The van der Waals surface area contributed by atoms with Crippen molar-refractivity contribution in [2.24, 2.45) is 17.1 Å². The lowest BCUT2D eigenvalue weighted by molar-refractivity contribution is -0.129. The Morgan fingerprint density at radius 3 is 2.68 bits per heavy atom. The molecule has 0 aromatic heterocycles. The van der Waals surface area contributed by atoms with Gasteiger partial charge in [-0.3, -0.25) is 4.79 Å². The van der Waals surface area contributed by atoms with E-state index in [2.05, 4.69) is 6.92 Å². The quantitative estimate of drug-likeness (QED) is 0.907. The van der Waals surface area contributed by atoms with Crippen LogP contribution in [0.1, 0.15) is 38.2 Å². The minimum absolute atomic E-state index is 0.174. The molecule has 2 N–H and O–H groups in total. The van der Waals surface area contributed by atoms with E-state index in [1.807, 2.05) is 0 Å². The monoisotopic (exact) mass is 263 g/mol. The van der Waals surface area contributed by atoms with Crippen molar-refractivity contribution in [2.45, 2.75) is 39.0 Å². The third-order valence-corrected chi connectivity index (χ3v) is 4.47. The number of carbonyl (C=O) groups excluding carboxylic acids is 1. The van der Waals surface area contributed by atoms with Crippen molar-refractivity contribution in [2.75, 3.05) is 6.54 Å². The lowest BCUT2D eigenvalue weighted by Crippen LogP contribution is -2.42. The summed E-state index contributed by atoms with van der Waals surface area (Å²) < 4.78 is 13.2. The summed E-state index contributed by atoms with van der Waals surface area (Å²) in [6, 6.07) is 6.29. The van der Waals surface area contributed by atoms with Crippen molar-refractivity contribution >= 4 is 5.78 Å². The number of Topliss-reactive ketones (excluding diaryl/α,β-unsaturated/α-hetero) is 1. The van der Waals surface area contributed by atoms with Crippen LogP contribution in [0.2, 0.25) is 0 Å². The zero-order valence-electron chi connectivity index (χ0n) is 11.5. The van der Waals surface area contributed by atoms with Gasteiger partial charge in [-0.05, 0) is 49.3 Å². The van der Waals surface area contributed by atoms with Gasteiger partial charge in [0.1, 0.15) is 11.6 Å². The fraction of sp³-hybridized carbons (Fsp3) is 0.562. The summed E-state index contributed by atoms with van der Waals surface area (Å²) in [5.41, 5.74) is 6.24. The number of halogens is 1. The van der Waals surface area contributed by atoms with Crippen molar-refractivity contribution in [3.05, 3.63) is 35.6 Å².